The van der Waals surface area contributed by atoms with Crippen LogP contribution < -0.4 is 5.32 Å². The molecule has 0 heterocycles. The summed E-state index contributed by atoms with van der Waals surface area (Å²) >= 11 is 0. The maximum absolute atomic E-state index is 13.3. The van der Waals surface area contributed by atoms with Crippen LogP contribution in [0.4, 0.5) is 0 Å². The Morgan fingerprint density at radius 1 is 1.03 bits per heavy atom. The molecule has 160 valence electrons. The molecule has 3 rings (SSSR count). The van der Waals surface area contributed by atoms with Gasteiger partial charge in [-0.25, -0.2) is 0 Å². The lowest BCUT2D eigenvalue weighted by Gasteiger charge is -2.31. The van der Waals surface area contributed by atoms with Crippen LogP contribution in [0.1, 0.15) is 61.3 Å². The van der Waals surface area contributed by atoms with Gasteiger partial charge in [0.2, 0.25) is 11.8 Å². The topological polar surface area (TPSA) is 49.4 Å². The molecule has 1 aliphatic rings. The smallest absolute Gasteiger partial charge is 0.242 e. The number of hydrogen-bond donors (Lipinski definition) is 1. The van der Waals surface area contributed by atoms with Crippen molar-refractivity contribution in [1.82, 2.24) is 10.2 Å². The molecule has 1 saturated carbocycles. The van der Waals surface area contributed by atoms with E-state index >= 15 is 0 Å². The quantitative estimate of drug-likeness (QED) is 0.724. The fourth-order valence-corrected chi connectivity index (χ4v) is 4.23. The fraction of sp³-hybridized carbons (Fsp3) is 0.462. The third-order valence-corrected chi connectivity index (χ3v) is 6.16. The zero-order valence-electron chi connectivity index (χ0n) is 18.5. The first-order chi connectivity index (χ1) is 14.4. The van der Waals surface area contributed by atoms with E-state index in [2.05, 4.69) is 11.4 Å². The average molecular weight is 407 g/mol. The van der Waals surface area contributed by atoms with Crippen molar-refractivity contribution < 1.29 is 9.59 Å². The van der Waals surface area contributed by atoms with Crippen molar-refractivity contribution in [3.8, 4) is 0 Å². The van der Waals surface area contributed by atoms with Gasteiger partial charge < -0.3 is 10.2 Å². The molecule has 1 atom stereocenters. The Morgan fingerprint density at radius 2 is 1.77 bits per heavy atom. The third-order valence-electron chi connectivity index (χ3n) is 6.16. The molecule has 1 fully saturated rings. The first-order valence-electron chi connectivity index (χ1n) is 11.1. The van der Waals surface area contributed by atoms with Crippen LogP contribution in [0.15, 0.2) is 48.5 Å². The first-order valence-corrected chi connectivity index (χ1v) is 11.1. The number of rotatable bonds is 7. The number of hydrogen-bond acceptors (Lipinski definition) is 2. The minimum absolute atomic E-state index is 0.0166. The van der Waals surface area contributed by atoms with E-state index in [0.29, 0.717) is 13.0 Å². The number of nitrogens with zero attached hydrogens (tertiary/aromatic N) is 1. The van der Waals surface area contributed by atoms with Gasteiger partial charge in [0.15, 0.2) is 0 Å². The molecule has 30 heavy (non-hydrogen) atoms. The molecule has 4 nitrogen and oxygen atoms in total. The molecule has 4 heteroatoms. The Bertz CT molecular complexity index is 871. The van der Waals surface area contributed by atoms with Crippen LogP contribution in [-0.4, -0.2) is 28.8 Å². The molecule has 1 N–H and O–H groups in total. The summed E-state index contributed by atoms with van der Waals surface area (Å²) in [6.45, 7) is 6.35. The molecule has 0 bridgehead atoms. The van der Waals surface area contributed by atoms with E-state index in [1.807, 2.05) is 63.2 Å². The van der Waals surface area contributed by atoms with Crippen LogP contribution in [0.25, 0.3) is 0 Å². The largest absolute Gasteiger partial charge is 0.352 e. The molecular formula is C26H34N2O2. The second kappa shape index (κ2) is 10.4. The van der Waals surface area contributed by atoms with Crippen molar-refractivity contribution in [3.05, 3.63) is 70.8 Å². The van der Waals surface area contributed by atoms with Gasteiger partial charge in [0.1, 0.15) is 6.04 Å². The molecule has 0 radical (unpaired) electrons. The van der Waals surface area contributed by atoms with Crippen LogP contribution in [0.3, 0.4) is 0 Å². The highest BCUT2D eigenvalue weighted by molar-refractivity contribution is 5.88. The van der Waals surface area contributed by atoms with Gasteiger partial charge in [0.05, 0.1) is 6.42 Å². The van der Waals surface area contributed by atoms with E-state index in [1.54, 1.807) is 4.90 Å². The fourth-order valence-electron chi connectivity index (χ4n) is 4.23. The average Bonchev–Trinajstić information content (AvgIpc) is 2.74. The van der Waals surface area contributed by atoms with Crippen LogP contribution in [0.5, 0.6) is 0 Å². The standard InChI is InChI=1S/C26H34N2O2/c1-19-10-9-12-22(16-19)18-28(25(29)17-23-13-8-7-11-20(23)2)21(3)26(30)27-24-14-5-4-6-15-24/h7-13,16,21,24H,4-6,14-15,17-18H2,1-3H3,(H,27,30)/t21-/m1/s1. The molecule has 0 aliphatic heterocycles. The summed E-state index contributed by atoms with van der Waals surface area (Å²) in [6.07, 6.45) is 5.95. The van der Waals surface area contributed by atoms with E-state index in [4.69, 9.17) is 0 Å². The third kappa shape index (κ3) is 5.94. The van der Waals surface area contributed by atoms with Gasteiger partial charge >= 0.3 is 0 Å². The van der Waals surface area contributed by atoms with Gasteiger partial charge in [-0.2, -0.15) is 0 Å². The minimum Gasteiger partial charge on any atom is -0.352 e. The van der Waals surface area contributed by atoms with Crippen LogP contribution in [0.2, 0.25) is 0 Å². The van der Waals surface area contributed by atoms with E-state index in [0.717, 1.165) is 35.1 Å². The molecule has 2 amide bonds. The predicted octanol–water partition coefficient (Wildman–Crippen LogP) is 4.71. The summed E-state index contributed by atoms with van der Waals surface area (Å²) in [4.78, 5) is 28.1. The summed E-state index contributed by atoms with van der Waals surface area (Å²) in [5, 5.41) is 3.19. The number of aryl methyl sites for hydroxylation is 2. The van der Waals surface area contributed by atoms with Gasteiger partial charge in [-0.15, -0.1) is 0 Å². The Kier molecular flexibility index (Phi) is 7.67. The lowest BCUT2D eigenvalue weighted by Crippen LogP contribution is -2.50. The summed E-state index contributed by atoms with van der Waals surface area (Å²) in [5.74, 6) is -0.0650. The predicted molar refractivity (Wildman–Crippen MR) is 121 cm³/mol. The zero-order valence-corrected chi connectivity index (χ0v) is 18.5. The SMILES string of the molecule is Cc1cccc(CN(C(=O)Cc2ccccc2C)[C@H](C)C(=O)NC2CCCCC2)c1. The van der Waals surface area contributed by atoms with Crippen molar-refractivity contribution in [2.45, 2.75) is 77.9 Å². The second-order valence-corrected chi connectivity index (χ2v) is 8.63. The lowest BCUT2D eigenvalue weighted by atomic mass is 9.95. The number of amides is 2. The number of carbonyl (C=O) groups is 2. The van der Waals surface area contributed by atoms with Gasteiger partial charge in [0.25, 0.3) is 0 Å². The second-order valence-electron chi connectivity index (χ2n) is 8.63. The Balaban J connectivity index is 1.77. The molecule has 2 aromatic carbocycles. The molecule has 2 aromatic rings. The number of benzene rings is 2. The van der Waals surface area contributed by atoms with Crippen LogP contribution in [0, 0.1) is 13.8 Å². The Morgan fingerprint density at radius 3 is 2.47 bits per heavy atom. The molecule has 0 aromatic heterocycles. The summed E-state index contributed by atoms with van der Waals surface area (Å²) in [5.41, 5.74) is 4.31. The van der Waals surface area contributed by atoms with Gasteiger partial charge in [-0.3, -0.25) is 9.59 Å². The van der Waals surface area contributed by atoms with Gasteiger partial charge in [0, 0.05) is 12.6 Å². The van der Waals surface area contributed by atoms with Crippen molar-refractivity contribution in [3.63, 3.8) is 0 Å². The lowest BCUT2D eigenvalue weighted by molar-refractivity contribution is -0.140. The van der Waals surface area contributed by atoms with E-state index in [9.17, 15) is 9.59 Å². The van der Waals surface area contributed by atoms with Crippen LogP contribution in [-0.2, 0) is 22.6 Å². The normalized spacial score (nSPS) is 15.4. The maximum atomic E-state index is 13.3. The highest BCUT2D eigenvalue weighted by Gasteiger charge is 2.28. The molecule has 0 saturated heterocycles. The Hall–Kier alpha value is -2.62. The monoisotopic (exact) mass is 406 g/mol. The van der Waals surface area contributed by atoms with E-state index in [1.165, 1.54) is 19.3 Å². The number of nitrogens with one attached hydrogen (secondary N) is 1. The van der Waals surface area contributed by atoms with Crippen molar-refractivity contribution in [1.29, 1.82) is 0 Å². The molecule has 0 spiro atoms. The van der Waals surface area contributed by atoms with E-state index < -0.39 is 6.04 Å². The van der Waals surface area contributed by atoms with Crippen molar-refractivity contribution >= 4 is 11.8 Å². The summed E-state index contributed by atoms with van der Waals surface area (Å²) < 4.78 is 0. The summed E-state index contributed by atoms with van der Waals surface area (Å²) in [7, 11) is 0. The molecule has 1 aliphatic carbocycles. The van der Waals surface area contributed by atoms with Crippen LogP contribution >= 0.6 is 0 Å². The maximum Gasteiger partial charge on any atom is 0.242 e. The number of carbonyl (C=O) groups excluding carboxylic acids is 2. The highest BCUT2D eigenvalue weighted by atomic mass is 16.2. The minimum atomic E-state index is -0.510. The van der Waals surface area contributed by atoms with Crippen molar-refractivity contribution in [2.75, 3.05) is 0 Å². The first kappa shape index (κ1) is 22.1. The van der Waals surface area contributed by atoms with E-state index in [-0.39, 0.29) is 17.9 Å². The molecule has 0 unspecified atom stereocenters. The summed E-state index contributed by atoms with van der Waals surface area (Å²) in [6, 6.07) is 15.8. The zero-order chi connectivity index (χ0) is 21.5. The Labute approximate surface area is 180 Å². The van der Waals surface area contributed by atoms with Crippen molar-refractivity contribution in [2.24, 2.45) is 0 Å². The van der Waals surface area contributed by atoms with Gasteiger partial charge in [-0.05, 0) is 50.3 Å². The molecular weight excluding hydrogens is 372 g/mol. The highest BCUT2D eigenvalue weighted by Crippen LogP contribution is 2.19. The van der Waals surface area contributed by atoms with Gasteiger partial charge in [-0.1, -0.05) is 73.4 Å².